The minimum absolute atomic E-state index is 0.209. The molecule has 0 aliphatic carbocycles. The standard InChI is InChI=1S/C10H18O5/c1-10(4-5-12-2)14-7-8(15-10)6-9(11)13-3/h8H,4-7H2,1-3H3. The van der Waals surface area contributed by atoms with Crippen LogP contribution in [0.2, 0.25) is 0 Å². The summed E-state index contributed by atoms with van der Waals surface area (Å²) >= 11 is 0. The van der Waals surface area contributed by atoms with Gasteiger partial charge in [-0.2, -0.15) is 0 Å². The molecule has 0 amide bonds. The number of rotatable bonds is 5. The highest BCUT2D eigenvalue weighted by Gasteiger charge is 2.37. The molecule has 15 heavy (non-hydrogen) atoms. The Bertz CT molecular complexity index is 218. The van der Waals surface area contributed by atoms with Crippen molar-refractivity contribution >= 4 is 5.97 Å². The summed E-state index contributed by atoms with van der Waals surface area (Å²) in [5.74, 6) is -0.908. The number of hydrogen-bond donors (Lipinski definition) is 0. The van der Waals surface area contributed by atoms with E-state index in [1.807, 2.05) is 6.92 Å². The van der Waals surface area contributed by atoms with E-state index in [1.54, 1.807) is 7.11 Å². The van der Waals surface area contributed by atoms with Crippen molar-refractivity contribution in [3.63, 3.8) is 0 Å². The van der Waals surface area contributed by atoms with E-state index in [-0.39, 0.29) is 18.5 Å². The number of hydrogen-bond acceptors (Lipinski definition) is 5. The molecule has 0 radical (unpaired) electrons. The summed E-state index contributed by atoms with van der Waals surface area (Å²) < 4.78 is 20.6. The number of carbonyl (C=O) groups excluding carboxylic acids is 1. The maximum Gasteiger partial charge on any atom is 0.308 e. The lowest BCUT2D eigenvalue weighted by Crippen LogP contribution is -2.29. The van der Waals surface area contributed by atoms with Gasteiger partial charge in [-0.3, -0.25) is 4.79 Å². The average Bonchev–Trinajstić information content (AvgIpc) is 2.58. The van der Waals surface area contributed by atoms with Crippen LogP contribution in [0.3, 0.4) is 0 Å². The van der Waals surface area contributed by atoms with Crippen LogP contribution in [0.15, 0.2) is 0 Å². The van der Waals surface area contributed by atoms with Crippen molar-refractivity contribution in [3.05, 3.63) is 0 Å². The minimum atomic E-state index is -0.630. The van der Waals surface area contributed by atoms with Crippen LogP contribution < -0.4 is 0 Å². The second-order valence-corrected chi connectivity index (χ2v) is 3.71. The van der Waals surface area contributed by atoms with Crippen LogP contribution in [0.5, 0.6) is 0 Å². The molecule has 1 rings (SSSR count). The summed E-state index contributed by atoms with van der Waals surface area (Å²) in [6, 6.07) is 0. The molecule has 0 bridgehead atoms. The molecule has 5 nitrogen and oxygen atoms in total. The van der Waals surface area contributed by atoms with Gasteiger partial charge in [-0.1, -0.05) is 0 Å². The molecule has 2 unspecified atom stereocenters. The average molecular weight is 218 g/mol. The molecule has 0 aromatic carbocycles. The van der Waals surface area contributed by atoms with Gasteiger partial charge in [0.1, 0.15) is 0 Å². The number of esters is 1. The van der Waals surface area contributed by atoms with Gasteiger partial charge in [0.25, 0.3) is 0 Å². The molecule has 0 aromatic heterocycles. The van der Waals surface area contributed by atoms with Crippen molar-refractivity contribution in [3.8, 4) is 0 Å². The fourth-order valence-electron chi connectivity index (χ4n) is 1.48. The molecule has 0 N–H and O–H groups in total. The second kappa shape index (κ2) is 5.44. The summed E-state index contributed by atoms with van der Waals surface area (Å²) in [6.45, 7) is 2.85. The van der Waals surface area contributed by atoms with Gasteiger partial charge in [-0.05, 0) is 6.92 Å². The zero-order valence-electron chi connectivity index (χ0n) is 9.45. The van der Waals surface area contributed by atoms with E-state index in [0.29, 0.717) is 19.6 Å². The van der Waals surface area contributed by atoms with Crippen molar-refractivity contribution in [2.45, 2.75) is 31.7 Å². The molecule has 1 fully saturated rings. The molecular formula is C10H18O5. The van der Waals surface area contributed by atoms with Crippen LogP contribution in [0.4, 0.5) is 0 Å². The lowest BCUT2D eigenvalue weighted by Gasteiger charge is -2.22. The maximum absolute atomic E-state index is 11.0. The van der Waals surface area contributed by atoms with E-state index in [0.717, 1.165) is 0 Å². The van der Waals surface area contributed by atoms with Crippen LogP contribution in [0, 0.1) is 0 Å². The molecule has 1 aliphatic heterocycles. The van der Waals surface area contributed by atoms with E-state index < -0.39 is 5.79 Å². The third kappa shape index (κ3) is 3.77. The Hall–Kier alpha value is -0.650. The molecule has 0 spiro atoms. The highest BCUT2D eigenvalue weighted by molar-refractivity contribution is 5.69. The SMILES string of the molecule is COCCC1(C)OCC(CC(=O)OC)O1. The first kappa shape index (κ1) is 12.4. The van der Waals surface area contributed by atoms with Crippen LogP contribution >= 0.6 is 0 Å². The smallest absolute Gasteiger partial charge is 0.308 e. The third-order valence-electron chi connectivity index (χ3n) is 2.37. The van der Waals surface area contributed by atoms with Crippen molar-refractivity contribution in [1.29, 1.82) is 0 Å². The summed E-state index contributed by atoms with van der Waals surface area (Å²) in [5, 5.41) is 0. The highest BCUT2D eigenvalue weighted by Crippen LogP contribution is 2.28. The molecule has 1 saturated heterocycles. The summed E-state index contributed by atoms with van der Waals surface area (Å²) in [6.07, 6.45) is 0.680. The number of methoxy groups -OCH3 is 2. The largest absolute Gasteiger partial charge is 0.469 e. The fourth-order valence-corrected chi connectivity index (χ4v) is 1.48. The molecular weight excluding hydrogens is 200 g/mol. The van der Waals surface area contributed by atoms with E-state index in [2.05, 4.69) is 4.74 Å². The fraction of sp³-hybridized carbons (Fsp3) is 0.900. The van der Waals surface area contributed by atoms with Crippen LogP contribution in [-0.4, -0.2) is 45.3 Å². The predicted octanol–water partition coefficient (Wildman–Crippen LogP) is 0.718. The van der Waals surface area contributed by atoms with E-state index in [1.165, 1.54) is 7.11 Å². The molecule has 0 aromatic rings. The topological polar surface area (TPSA) is 54.0 Å². The Labute approximate surface area is 89.6 Å². The van der Waals surface area contributed by atoms with Gasteiger partial charge in [0.05, 0.1) is 32.8 Å². The number of ether oxygens (including phenoxy) is 4. The maximum atomic E-state index is 11.0. The van der Waals surface area contributed by atoms with Gasteiger partial charge in [0.2, 0.25) is 0 Å². The summed E-state index contributed by atoms with van der Waals surface area (Å²) in [4.78, 5) is 11.0. The lowest BCUT2D eigenvalue weighted by atomic mass is 10.2. The monoisotopic (exact) mass is 218 g/mol. The van der Waals surface area contributed by atoms with Gasteiger partial charge >= 0.3 is 5.97 Å². The first-order chi connectivity index (χ1) is 7.09. The molecule has 5 heteroatoms. The minimum Gasteiger partial charge on any atom is -0.469 e. The van der Waals surface area contributed by atoms with E-state index >= 15 is 0 Å². The third-order valence-corrected chi connectivity index (χ3v) is 2.37. The van der Waals surface area contributed by atoms with Gasteiger partial charge in [0, 0.05) is 13.5 Å². The Balaban J connectivity index is 2.33. The highest BCUT2D eigenvalue weighted by atomic mass is 16.7. The van der Waals surface area contributed by atoms with Gasteiger partial charge in [-0.25, -0.2) is 0 Å². The van der Waals surface area contributed by atoms with E-state index in [9.17, 15) is 4.79 Å². The first-order valence-corrected chi connectivity index (χ1v) is 4.97. The molecule has 2 atom stereocenters. The van der Waals surface area contributed by atoms with Crippen LogP contribution in [-0.2, 0) is 23.7 Å². The summed E-state index contributed by atoms with van der Waals surface area (Å²) in [5.41, 5.74) is 0. The quantitative estimate of drug-likeness (QED) is 0.636. The lowest BCUT2D eigenvalue weighted by molar-refractivity contribution is -0.168. The molecule has 88 valence electrons. The second-order valence-electron chi connectivity index (χ2n) is 3.71. The summed E-state index contributed by atoms with van der Waals surface area (Å²) in [7, 11) is 2.99. The van der Waals surface area contributed by atoms with Crippen LogP contribution in [0.25, 0.3) is 0 Å². The first-order valence-electron chi connectivity index (χ1n) is 4.97. The van der Waals surface area contributed by atoms with Gasteiger partial charge < -0.3 is 18.9 Å². The Kier molecular flexibility index (Phi) is 4.50. The Morgan fingerprint density at radius 1 is 1.53 bits per heavy atom. The van der Waals surface area contributed by atoms with Crippen LogP contribution in [0.1, 0.15) is 19.8 Å². The van der Waals surface area contributed by atoms with Crippen molar-refractivity contribution in [2.24, 2.45) is 0 Å². The van der Waals surface area contributed by atoms with Gasteiger partial charge in [0.15, 0.2) is 5.79 Å². The van der Waals surface area contributed by atoms with Crippen molar-refractivity contribution < 1.29 is 23.7 Å². The van der Waals surface area contributed by atoms with Crippen molar-refractivity contribution in [2.75, 3.05) is 27.4 Å². The zero-order chi connectivity index (χ0) is 11.3. The van der Waals surface area contributed by atoms with E-state index in [4.69, 9.17) is 14.2 Å². The van der Waals surface area contributed by atoms with Crippen molar-refractivity contribution in [1.82, 2.24) is 0 Å². The Morgan fingerprint density at radius 3 is 2.87 bits per heavy atom. The van der Waals surface area contributed by atoms with Gasteiger partial charge in [-0.15, -0.1) is 0 Å². The number of carbonyl (C=O) groups is 1. The Morgan fingerprint density at radius 2 is 2.27 bits per heavy atom. The molecule has 0 saturated carbocycles. The molecule has 1 aliphatic rings. The normalized spacial score (nSPS) is 30.5. The zero-order valence-corrected chi connectivity index (χ0v) is 9.45. The predicted molar refractivity (Wildman–Crippen MR) is 52.4 cm³/mol. The molecule has 1 heterocycles.